The zero-order valence-corrected chi connectivity index (χ0v) is 33.3. The van der Waals surface area contributed by atoms with Crippen LogP contribution in [0.5, 0.6) is 0 Å². The van der Waals surface area contributed by atoms with Crippen LogP contribution in [0.2, 0.25) is 0 Å². The van der Waals surface area contributed by atoms with Crippen molar-refractivity contribution in [1.82, 2.24) is 29.9 Å². The fourth-order valence-corrected chi connectivity index (χ4v) is 5.33. The van der Waals surface area contributed by atoms with Crippen molar-refractivity contribution in [2.24, 2.45) is 0 Å². The van der Waals surface area contributed by atoms with E-state index in [-0.39, 0.29) is 35.9 Å². The Bertz CT molecular complexity index is 2300. The number of fused-ring (bicyclic) bond motifs is 6. The number of carbonyl (C=O) groups is 1. The van der Waals surface area contributed by atoms with E-state index < -0.39 is 5.97 Å². The number of aromatic amines is 1. The maximum absolute atomic E-state index is 11.0. The predicted octanol–water partition coefficient (Wildman–Crippen LogP) is 9.43. The number of thiocyanates is 1. The summed E-state index contributed by atoms with van der Waals surface area (Å²) in [7, 11) is 0. The SMILES string of the molecule is CC(C)(C)c1ccnc(-c2cc(C(C)(C)C)ccn2)c1.N#C[S-].O=C(O)c1ccc(-c2nc3c4cccnc4c4ncccc4c3[nH]2)cc1.[N-]=C=S.[Ru+2]. The van der Waals surface area contributed by atoms with Gasteiger partial charge in [-0.15, -0.1) is 0 Å². The molecule has 0 saturated heterocycles. The monoisotopic (exact) mass is 826 g/mol. The third-order valence-electron chi connectivity index (χ3n) is 7.99. The second-order valence-corrected chi connectivity index (χ2v) is 13.9. The minimum atomic E-state index is -0.949. The number of pyridine rings is 4. The fraction of sp³-hybridized carbons (Fsp3) is 0.200. The largest absolute Gasteiger partial charge is 2.00 e. The van der Waals surface area contributed by atoms with Crippen molar-refractivity contribution in [3.63, 3.8) is 0 Å². The molecule has 5 aromatic heterocycles. The summed E-state index contributed by atoms with van der Waals surface area (Å²) in [6, 6.07) is 22.9. The number of isothiocyanates is 1. The van der Waals surface area contributed by atoms with Crippen molar-refractivity contribution >= 4 is 68.8 Å². The summed E-state index contributed by atoms with van der Waals surface area (Å²) in [6.45, 7) is 13.3. The van der Waals surface area contributed by atoms with E-state index in [0.717, 1.165) is 49.8 Å². The van der Waals surface area contributed by atoms with E-state index in [9.17, 15) is 4.79 Å². The average molecular weight is 826 g/mol. The Hall–Kier alpha value is -5.37. The number of imidazole rings is 1. The molecule has 0 bridgehead atoms. The summed E-state index contributed by atoms with van der Waals surface area (Å²) in [5, 5.41) is 27.9. The number of benzene rings is 2. The molecule has 0 unspecified atom stereocenters. The summed E-state index contributed by atoms with van der Waals surface area (Å²) in [5.74, 6) is -0.270. The van der Waals surface area contributed by atoms with Gasteiger partial charge in [-0.2, -0.15) is 5.16 Å². The topological polar surface area (TPSA) is 164 Å². The maximum atomic E-state index is 11.0. The zero-order chi connectivity index (χ0) is 38.1. The first-order valence-electron chi connectivity index (χ1n) is 16.0. The van der Waals surface area contributed by atoms with Gasteiger partial charge in [0.2, 0.25) is 0 Å². The van der Waals surface area contributed by atoms with Crippen molar-refractivity contribution in [2.75, 3.05) is 0 Å². The molecule has 0 aliphatic rings. The zero-order valence-electron chi connectivity index (χ0n) is 29.9. The number of hydrogen-bond acceptors (Lipinski definition) is 9. The molecule has 53 heavy (non-hydrogen) atoms. The number of nitrogens with zero attached hydrogens (tertiary/aromatic N) is 7. The Morgan fingerprint density at radius 3 is 1.68 bits per heavy atom. The quantitative estimate of drug-likeness (QED) is 0.0438. The molecule has 268 valence electrons. The number of aromatic carboxylic acids is 1. The summed E-state index contributed by atoms with van der Waals surface area (Å²) in [4.78, 5) is 37.1. The number of H-pyrrole nitrogens is 1. The first kappa shape index (κ1) is 42.0. The van der Waals surface area contributed by atoms with Gasteiger partial charge in [0.25, 0.3) is 0 Å². The van der Waals surface area contributed by atoms with E-state index in [2.05, 4.69) is 116 Å². The Labute approximate surface area is 331 Å². The molecule has 0 radical (unpaired) electrons. The first-order valence-corrected chi connectivity index (χ1v) is 16.9. The van der Waals surface area contributed by atoms with E-state index in [1.807, 2.05) is 36.7 Å². The van der Waals surface area contributed by atoms with Gasteiger partial charge in [0.05, 0.1) is 39.0 Å². The average Bonchev–Trinajstić information content (AvgIpc) is 3.59. The van der Waals surface area contributed by atoms with Crippen molar-refractivity contribution in [2.45, 2.75) is 52.4 Å². The van der Waals surface area contributed by atoms with Gasteiger partial charge in [0.15, 0.2) is 0 Å². The van der Waals surface area contributed by atoms with Gasteiger partial charge in [-0.3, -0.25) is 19.9 Å². The van der Waals surface area contributed by atoms with Crippen LogP contribution in [0, 0.1) is 10.7 Å². The molecule has 10 nitrogen and oxygen atoms in total. The van der Waals surface area contributed by atoms with Gasteiger partial charge >= 0.3 is 25.4 Å². The van der Waals surface area contributed by atoms with Crippen molar-refractivity contribution in [3.8, 4) is 28.2 Å². The van der Waals surface area contributed by atoms with Crippen LogP contribution >= 0.6 is 12.2 Å². The van der Waals surface area contributed by atoms with Crippen LogP contribution in [0.1, 0.15) is 63.0 Å². The van der Waals surface area contributed by atoms with Crippen molar-refractivity contribution in [3.05, 3.63) is 120 Å². The number of nitrogens with one attached hydrogen (secondary N) is 1. The molecule has 0 saturated carbocycles. The summed E-state index contributed by atoms with van der Waals surface area (Å²) < 4.78 is 0. The molecule has 0 atom stereocenters. The predicted molar refractivity (Wildman–Crippen MR) is 213 cm³/mol. The van der Waals surface area contributed by atoms with Gasteiger partial charge in [0, 0.05) is 41.1 Å². The van der Waals surface area contributed by atoms with Gasteiger partial charge in [-0.05, 0) is 82.6 Å². The summed E-state index contributed by atoms with van der Waals surface area (Å²) in [6.07, 6.45) is 7.26. The second-order valence-electron chi connectivity index (χ2n) is 13.5. The van der Waals surface area contributed by atoms with Gasteiger partial charge in [-0.1, -0.05) is 71.3 Å². The molecule has 0 aliphatic carbocycles. The molecule has 13 heteroatoms. The fourth-order valence-electron chi connectivity index (χ4n) is 5.33. The number of hydrogen-bond donors (Lipinski definition) is 2. The molecular formula is C40H36N8O2RuS2. The van der Waals surface area contributed by atoms with E-state index >= 15 is 0 Å². The van der Waals surface area contributed by atoms with E-state index in [1.165, 1.54) is 21.7 Å². The number of rotatable bonds is 3. The molecule has 0 fully saturated rings. The van der Waals surface area contributed by atoms with Crippen LogP contribution in [-0.2, 0) is 42.9 Å². The molecule has 7 aromatic rings. The number of carboxylic acid groups (broad SMARTS) is 1. The third kappa shape index (κ3) is 10.4. The van der Waals surface area contributed by atoms with Crippen molar-refractivity contribution < 1.29 is 29.4 Å². The van der Waals surface area contributed by atoms with E-state index in [1.54, 1.807) is 36.7 Å². The normalized spacial score (nSPS) is 10.6. The number of carboxylic acids is 1. The smallest absolute Gasteiger partial charge is 0.753 e. The van der Waals surface area contributed by atoms with Crippen LogP contribution in [0.15, 0.2) is 97.6 Å². The molecular weight excluding hydrogens is 790 g/mol. The third-order valence-corrected chi connectivity index (χ3v) is 7.99. The van der Waals surface area contributed by atoms with Crippen LogP contribution < -0.4 is 0 Å². The minimum absolute atomic E-state index is 0. The van der Waals surface area contributed by atoms with Crippen LogP contribution in [-0.4, -0.2) is 46.1 Å². The molecule has 0 aliphatic heterocycles. The second kappa shape index (κ2) is 18.4. The Morgan fingerprint density at radius 1 is 0.774 bits per heavy atom. The van der Waals surface area contributed by atoms with E-state index in [4.69, 9.17) is 20.8 Å². The standard InChI is InChI=1S/C20H12N4O2.C18H24N2.CHNS.CNS.Ru/c25-20(26)12-7-5-11(6-8-12)19-23-17-13-3-1-9-21-15(13)16-14(18(17)24-19)4-2-10-22-16;1-17(2,3)13-7-9-19-15(11-13)16-12-14(8-10-20-16)18(4,5)6;2*2-1-3;/h1-10H,(H,23,24)(H,25,26);7-12H,1-6H3;3H;;/q;;;-1;+2/p-1. The Balaban J connectivity index is 0.000000251. The molecule has 5 heterocycles. The van der Waals surface area contributed by atoms with Gasteiger partial charge < -0.3 is 28.1 Å². The van der Waals surface area contributed by atoms with Crippen LogP contribution in [0.25, 0.3) is 61.0 Å². The molecule has 0 amide bonds. The summed E-state index contributed by atoms with van der Waals surface area (Å²) in [5.41, 5.74) is 9.13. The number of nitriles is 1. The minimum Gasteiger partial charge on any atom is -0.753 e. The molecule has 2 N–H and O–H groups in total. The number of thiocarbonyl (C=S) groups is 1. The van der Waals surface area contributed by atoms with Crippen LogP contribution in [0.3, 0.4) is 0 Å². The Kier molecular flexibility index (Phi) is 14.6. The molecule has 7 rings (SSSR count). The first-order chi connectivity index (χ1) is 24.7. The molecule has 2 aromatic carbocycles. The Morgan fingerprint density at radius 2 is 1.23 bits per heavy atom. The molecule has 0 spiro atoms. The van der Waals surface area contributed by atoms with Gasteiger partial charge in [0.1, 0.15) is 5.82 Å². The van der Waals surface area contributed by atoms with E-state index in [0.29, 0.717) is 5.82 Å². The summed E-state index contributed by atoms with van der Waals surface area (Å²) >= 11 is 7.40. The van der Waals surface area contributed by atoms with Gasteiger partial charge in [-0.25, -0.2) is 15.0 Å². The van der Waals surface area contributed by atoms with Crippen molar-refractivity contribution in [1.29, 1.82) is 5.26 Å². The number of aromatic nitrogens is 6. The maximum Gasteiger partial charge on any atom is 2.00 e. The van der Waals surface area contributed by atoms with Crippen LogP contribution in [0.4, 0.5) is 0 Å².